The van der Waals surface area contributed by atoms with Crippen LogP contribution in [0.15, 0.2) is 0 Å². The molecule has 0 aromatic heterocycles. The van der Waals surface area contributed by atoms with Gasteiger partial charge in [-0.2, -0.15) is 0 Å². The maximum absolute atomic E-state index is 15.3. The second-order valence-electron chi connectivity index (χ2n) is 12.8. The molecule has 4 aliphatic heterocycles. The Morgan fingerprint density at radius 1 is 0.973 bits per heavy atom. The van der Waals surface area contributed by atoms with Crippen LogP contribution < -0.4 is 27.4 Å². The number of halogens is 2. The molecule has 1 aliphatic carbocycles. The topological polar surface area (TPSA) is 118 Å². The number of amides is 1. The minimum absolute atomic E-state index is 0.114. The highest BCUT2D eigenvalue weighted by molar-refractivity contribution is 5.80. The summed E-state index contributed by atoms with van der Waals surface area (Å²) in [5.41, 5.74) is 12.9. The summed E-state index contributed by atoms with van der Waals surface area (Å²) in [4.78, 5) is 16.0. The number of carbonyl (C=O) groups is 1. The maximum Gasteiger partial charge on any atom is 0.227 e. The average Bonchev–Trinajstić information content (AvgIpc) is 3.32. The van der Waals surface area contributed by atoms with Crippen molar-refractivity contribution >= 4 is 5.91 Å². The van der Waals surface area contributed by atoms with Crippen LogP contribution in [0.2, 0.25) is 0 Å². The van der Waals surface area contributed by atoms with E-state index in [4.69, 9.17) is 16.2 Å². The molecule has 5 aliphatic rings. The van der Waals surface area contributed by atoms with Gasteiger partial charge in [-0.25, -0.2) is 8.78 Å². The van der Waals surface area contributed by atoms with Gasteiger partial charge < -0.3 is 32.2 Å². The van der Waals surface area contributed by atoms with E-state index in [0.717, 1.165) is 71.2 Å². The molecule has 7 N–H and O–H groups in total. The third kappa shape index (κ3) is 6.14. The molecule has 5 fully saturated rings. The van der Waals surface area contributed by atoms with E-state index in [1.165, 1.54) is 12.8 Å². The highest BCUT2D eigenvalue weighted by Gasteiger charge is 2.47. The second-order valence-corrected chi connectivity index (χ2v) is 12.8. The lowest BCUT2D eigenvalue weighted by Crippen LogP contribution is -2.68. The fourth-order valence-corrected chi connectivity index (χ4v) is 7.92. The quantitative estimate of drug-likeness (QED) is 0.342. The van der Waals surface area contributed by atoms with E-state index < -0.39 is 24.4 Å². The van der Waals surface area contributed by atoms with Crippen LogP contribution in [-0.4, -0.2) is 93.4 Å². The van der Waals surface area contributed by atoms with Crippen molar-refractivity contribution in [1.82, 2.24) is 20.9 Å². The fourth-order valence-electron chi connectivity index (χ4n) is 7.92. The molecule has 5 rings (SSSR count). The van der Waals surface area contributed by atoms with Crippen molar-refractivity contribution in [3.05, 3.63) is 0 Å². The number of nitrogens with two attached hydrogens (primary N) is 2. The SMILES string of the molecule is NC(N)C(C(=O)NC1CNCC(F)C1N1CCC2(CC1)COC2)C1CC2(CCCC2)CCCC(F)CN1. The van der Waals surface area contributed by atoms with E-state index in [1.54, 1.807) is 0 Å². The van der Waals surface area contributed by atoms with Crippen molar-refractivity contribution in [2.24, 2.45) is 28.2 Å². The number of nitrogens with one attached hydrogen (secondary N) is 3. The summed E-state index contributed by atoms with van der Waals surface area (Å²) in [7, 11) is 0. The van der Waals surface area contributed by atoms with Gasteiger partial charge in [-0.05, 0) is 69.9 Å². The Hall–Kier alpha value is -0.910. The highest BCUT2D eigenvalue weighted by Crippen LogP contribution is 2.47. The zero-order valence-corrected chi connectivity index (χ0v) is 22.2. The predicted molar refractivity (Wildman–Crippen MR) is 139 cm³/mol. The van der Waals surface area contributed by atoms with Crippen LogP contribution >= 0.6 is 0 Å². The Kier molecular flexibility index (Phi) is 8.73. The van der Waals surface area contributed by atoms with Crippen LogP contribution in [0.1, 0.15) is 64.2 Å². The molecule has 6 atom stereocenters. The van der Waals surface area contributed by atoms with Crippen molar-refractivity contribution in [1.29, 1.82) is 0 Å². The minimum Gasteiger partial charge on any atom is -0.380 e. The van der Waals surface area contributed by atoms with Crippen LogP contribution in [0.4, 0.5) is 8.78 Å². The lowest BCUT2D eigenvalue weighted by molar-refractivity contribution is -0.147. The van der Waals surface area contributed by atoms with Gasteiger partial charge >= 0.3 is 0 Å². The normalized spacial score (nSPS) is 37.5. The van der Waals surface area contributed by atoms with Crippen LogP contribution in [0.3, 0.4) is 0 Å². The van der Waals surface area contributed by atoms with Gasteiger partial charge in [0.15, 0.2) is 0 Å². The lowest BCUT2D eigenvalue weighted by atomic mass is 9.73. The summed E-state index contributed by atoms with van der Waals surface area (Å²) < 4.78 is 35.4. The summed E-state index contributed by atoms with van der Waals surface area (Å²) in [5, 5.41) is 9.68. The molecular weight excluding hydrogens is 478 g/mol. The number of piperidine rings is 2. The van der Waals surface area contributed by atoms with Crippen molar-refractivity contribution in [2.45, 2.75) is 101 Å². The molecule has 4 heterocycles. The van der Waals surface area contributed by atoms with E-state index >= 15 is 4.39 Å². The lowest BCUT2D eigenvalue weighted by Gasteiger charge is -2.51. The Labute approximate surface area is 220 Å². The van der Waals surface area contributed by atoms with Gasteiger partial charge in [-0.15, -0.1) is 0 Å². The summed E-state index contributed by atoms with van der Waals surface area (Å²) in [6.07, 6.45) is 6.83. The molecular formula is C27H48F2N6O2. The first-order valence-corrected chi connectivity index (χ1v) is 14.7. The van der Waals surface area contributed by atoms with Crippen molar-refractivity contribution in [3.8, 4) is 0 Å². The number of alkyl halides is 2. The summed E-state index contributed by atoms with van der Waals surface area (Å²) in [6, 6.07) is -1.07. The molecule has 37 heavy (non-hydrogen) atoms. The summed E-state index contributed by atoms with van der Waals surface area (Å²) >= 11 is 0. The fraction of sp³-hybridized carbons (Fsp3) is 0.963. The van der Waals surface area contributed by atoms with Gasteiger partial charge in [0.05, 0.1) is 37.4 Å². The first kappa shape index (κ1) is 27.6. The number of hydrogen-bond acceptors (Lipinski definition) is 7. The molecule has 212 valence electrons. The number of nitrogens with zero attached hydrogens (tertiary/aromatic N) is 1. The van der Waals surface area contributed by atoms with Crippen molar-refractivity contribution in [2.75, 3.05) is 45.9 Å². The summed E-state index contributed by atoms with van der Waals surface area (Å²) in [5.74, 6) is -0.956. The van der Waals surface area contributed by atoms with E-state index in [0.29, 0.717) is 13.0 Å². The first-order valence-electron chi connectivity index (χ1n) is 14.7. The molecule has 4 saturated heterocycles. The van der Waals surface area contributed by atoms with Gasteiger partial charge in [-0.1, -0.05) is 12.8 Å². The van der Waals surface area contributed by atoms with Crippen molar-refractivity contribution in [3.63, 3.8) is 0 Å². The first-order chi connectivity index (χ1) is 17.8. The van der Waals surface area contributed by atoms with Gasteiger partial charge in [-0.3, -0.25) is 9.69 Å². The molecule has 2 spiro atoms. The Morgan fingerprint density at radius 3 is 2.32 bits per heavy atom. The van der Waals surface area contributed by atoms with Crippen LogP contribution in [0.5, 0.6) is 0 Å². The number of carbonyl (C=O) groups excluding carboxylic acids is 1. The molecule has 8 nitrogen and oxygen atoms in total. The number of likely N-dealkylation sites (tertiary alicyclic amines) is 1. The minimum atomic E-state index is -1.08. The Morgan fingerprint density at radius 2 is 1.68 bits per heavy atom. The maximum atomic E-state index is 15.3. The Balaban J connectivity index is 1.29. The standard InChI is InChI=1S/C27H48F2N6O2/c28-18-4-3-7-26(5-1-2-6-26)12-20(33-13-18)22(24(30)31)25(36)34-21-15-32-14-19(29)23(21)35-10-8-27(9-11-35)16-37-17-27/h18-24,32-33H,1-17,30-31H2,(H,34,36). The zero-order valence-electron chi connectivity index (χ0n) is 22.2. The molecule has 0 aromatic carbocycles. The molecule has 0 aromatic rings. The highest BCUT2D eigenvalue weighted by atomic mass is 19.1. The van der Waals surface area contributed by atoms with Crippen LogP contribution in [0.25, 0.3) is 0 Å². The third-order valence-corrected chi connectivity index (χ3v) is 10.2. The summed E-state index contributed by atoms with van der Waals surface area (Å²) in [6.45, 7) is 4.22. The largest absolute Gasteiger partial charge is 0.380 e. The molecule has 1 amide bonds. The smallest absolute Gasteiger partial charge is 0.227 e. The van der Waals surface area contributed by atoms with Gasteiger partial charge in [0, 0.05) is 31.1 Å². The van der Waals surface area contributed by atoms with Gasteiger partial charge in [0.25, 0.3) is 0 Å². The number of hydrogen-bond donors (Lipinski definition) is 5. The third-order valence-electron chi connectivity index (χ3n) is 10.2. The van der Waals surface area contributed by atoms with E-state index in [2.05, 4.69) is 20.9 Å². The predicted octanol–water partition coefficient (Wildman–Crippen LogP) is 1.18. The number of ether oxygens (including phenoxy) is 1. The molecule has 10 heteroatoms. The van der Waals surface area contributed by atoms with E-state index in [1.807, 2.05) is 0 Å². The molecule has 0 bridgehead atoms. The Bertz CT molecular complexity index is 768. The van der Waals surface area contributed by atoms with Gasteiger partial charge in [0.1, 0.15) is 12.3 Å². The van der Waals surface area contributed by atoms with Crippen LogP contribution in [-0.2, 0) is 9.53 Å². The number of rotatable bonds is 5. The molecule has 1 saturated carbocycles. The molecule has 6 unspecified atom stereocenters. The van der Waals surface area contributed by atoms with Crippen molar-refractivity contribution < 1.29 is 18.3 Å². The van der Waals surface area contributed by atoms with Gasteiger partial charge in [0.2, 0.25) is 5.91 Å². The average molecular weight is 527 g/mol. The van der Waals surface area contributed by atoms with Crippen LogP contribution in [0, 0.1) is 16.7 Å². The monoisotopic (exact) mass is 526 g/mol. The van der Waals surface area contributed by atoms with E-state index in [9.17, 15) is 9.18 Å². The molecule has 0 radical (unpaired) electrons. The van der Waals surface area contributed by atoms with E-state index in [-0.39, 0.29) is 48.0 Å². The zero-order chi connectivity index (χ0) is 26.0. The second kappa shape index (κ2) is 11.7.